The minimum atomic E-state index is -0.396. The zero-order chi connectivity index (χ0) is 10.2. The zero-order valence-electron chi connectivity index (χ0n) is 8.96. The van der Waals surface area contributed by atoms with E-state index in [0.717, 1.165) is 0 Å². The van der Waals surface area contributed by atoms with Crippen molar-refractivity contribution >= 4 is 5.97 Å². The first-order valence-corrected chi connectivity index (χ1v) is 4.68. The normalized spacial score (nSPS) is 29.5. The van der Waals surface area contributed by atoms with Gasteiger partial charge in [0.05, 0.1) is 0 Å². The van der Waals surface area contributed by atoms with Gasteiger partial charge in [-0.15, -0.1) is 0 Å². The summed E-state index contributed by atoms with van der Waals surface area (Å²) in [6, 6.07) is 0. The number of carbonyl (C=O) groups is 1. The molecule has 0 amide bonds. The van der Waals surface area contributed by atoms with E-state index in [-0.39, 0.29) is 23.4 Å². The van der Waals surface area contributed by atoms with Crippen LogP contribution in [0.1, 0.15) is 34.6 Å². The summed E-state index contributed by atoms with van der Waals surface area (Å²) in [5, 5.41) is 0. The fraction of sp³-hybridized carbons (Fsp3) is 0.900. The van der Waals surface area contributed by atoms with E-state index in [9.17, 15) is 4.79 Å². The second-order valence-electron chi connectivity index (χ2n) is 4.94. The van der Waals surface area contributed by atoms with Crippen molar-refractivity contribution in [1.29, 1.82) is 0 Å². The summed E-state index contributed by atoms with van der Waals surface area (Å²) in [5.41, 5.74) is -0.140. The number of hydrogen-bond donors (Lipinski definition) is 0. The first kappa shape index (κ1) is 10.5. The summed E-state index contributed by atoms with van der Waals surface area (Å²) in [4.78, 5) is 11.3. The molecule has 1 aliphatic rings. The molecular formula is C10H18O3. The van der Waals surface area contributed by atoms with E-state index < -0.39 is 6.29 Å². The maximum atomic E-state index is 11.3. The Labute approximate surface area is 79.4 Å². The topological polar surface area (TPSA) is 35.5 Å². The van der Waals surface area contributed by atoms with Gasteiger partial charge in [-0.3, -0.25) is 0 Å². The first-order valence-electron chi connectivity index (χ1n) is 4.68. The Kier molecular flexibility index (Phi) is 2.66. The van der Waals surface area contributed by atoms with E-state index in [1.807, 2.05) is 34.6 Å². The van der Waals surface area contributed by atoms with Crippen LogP contribution in [0.2, 0.25) is 0 Å². The molecule has 1 saturated heterocycles. The highest BCUT2D eigenvalue weighted by atomic mass is 16.8. The maximum Gasteiger partial charge on any atom is 0.338 e. The molecule has 0 saturated carbocycles. The monoisotopic (exact) mass is 186 g/mol. The van der Waals surface area contributed by atoms with Crippen LogP contribution in [0.15, 0.2) is 0 Å². The molecule has 0 radical (unpaired) electrons. The van der Waals surface area contributed by atoms with Gasteiger partial charge in [-0.05, 0) is 5.92 Å². The molecule has 0 N–H and O–H groups in total. The third-order valence-electron chi connectivity index (χ3n) is 2.04. The van der Waals surface area contributed by atoms with Gasteiger partial charge in [0.2, 0.25) is 6.29 Å². The molecule has 0 aromatic heterocycles. The Bertz CT molecular complexity index is 203. The van der Waals surface area contributed by atoms with Crippen molar-refractivity contribution < 1.29 is 14.3 Å². The molecule has 0 aliphatic carbocycles. The fourth-order valence-electron chi connectivity index (χ4n) is 1.20. The standard InChI is InChI=1S/C10H18O3/c1-6(2)7-8(11)13-9(12-7)10(3,4)5/h6-7,9H,1-5H3. The second kappa shape index (κ2) is 3.29. The third kappa shape index (κ3) is 2.21. The molecule has 1 aliphatic heterocycles. The second-order valence-corrected chi connectivity index (χ2v) is 4.94. The summed E-state index contributed by atoms with van der Waals surface area (Å²) >= 11 is 0. The minimum Gasteiger partial charge on any atom is -0.433 e. The number of rotatable bonds is 1. The number of cyclic esters (lactones) is 1. The zero-order valence-corrected chi connectivity index (χ0v) is 8.96. The van der Waals surface area contributed by atoms with E-state index in [1.165, 1.54) is 0 Å². The van der Waals surface area contributed by atoms with E-state index in [1.54, 1.807) is 0 Å². The quantitative estimate of drug-likeness (QED) is 0.587. The molecular weight excluding hydrogens is 168 g/mol. The van der Waals surface area contributed by atoms with Crippen LogP contribution in [0.25, 0.3) is 0 Å². The largest absolute Gasteiger partial charge is 0.433 e. The Hall–Kier alpha value is -0.570. The lowest BCUT2D eigenvalue weighted by atomic mass is 9.96. The number of carbonyl (C=O) groups excluding carboxylic acids is 1. The lowest BCUT2D eigenvalue weighted by molar-refractivity contribution is -0.154. The summed E-state index contributed by atoms with van der Waals surface area (Å²) in [5.74, 6) is -0.0465. The van der Waals surface area contributed by atoms with Gasteiger partial charge in [-0.2, -0.15) is 0 Å². The fourth-order valence-corrected chi connectivity index (χ4v) is 1.20. The highest BCUT2D eigenvalue weighted by Gasteiger charge is 2.42. The SMILES string of the molecule is CC(C)C1OC(C(C)(C)C)OC1=O. The van der Waals surface area contributed by atoms with Gasteiger partial charge >= 0.3 is 5.97 Å². The molecule has 2 atom stereocenters. The number of hydrogen-bond acceptors (Lipinski definition) is 3. The molecule has 0 aromatic rings. The van der Waals surface area contributed by atoms with Gasteiger partial charge in [0.25, 0.3) is 0 Å². The van der Waals surface area contributed by atoms with Crippen LogP contribution in [-0.2, 0) is 14.3 Å². The van der Waals surface area contributed by atoms with Gasteiger partial charge in [-0.1, -0.05) is 34.6 Å². The van der Waals surface area contributed by atoms with Crippen LogP contribution in [0.3, 0.4) is 0 Å². The molecule has 0 spiro atoms. The van der Waals surface area contributed by atoms with Crippen molar-refractivity contribution in [2.75, 3.05) is 0 Å². The van der Waals surface area contributed by atoms with Crippen LogP contribution >= 0.6 is 0 Å². The minimum absolute atomic E-state index is 0.140. The van der Waals surface area contributed by atoms with Gasteiger partial charge in [0.15, 0.2) is 6.10 Å². The molecule has 3 heteroatoms. The van der Waals surface area contributed by atoms with Crippen LogP contribution < -0.4 is 0 Å². The Balaban J connectivity index is 2.66. The predicted molar refractivity (Wildman–Crippen MR) is 49.0 cm³/mol. The first-order chi connectivity index (χ1) is 5.82. The Morgan fingerprint density at radius 3 is 2.08 bits per heavy atom. The van der Waals surface area contributed by atoms with Gasteiger partial charge < -0.3 is 9.47 Å². The van der Waals surface area contributed by atoms with Crippen molar-refractivity contribution in [3.8, 4) is 0 Å². The molecule has 1 heterocycles. The molecule has 1 fully saturated rings. The summed E-state index contributed by atoms with van der Waals surface area (Å²) in [6.07, 6.45) is -0.781. The molecule has 1 rings (SSSR count). The predicted octanol–water partition coefficient (Wildman–Crippen LogP) is 1.96. The highest BCUT2D eigenvalue weighted by molar-refractivity contribution is 5.76. The summed E-state index contributed by atoms with van der Waals surface area (Å²) < 4.78 is 10.7. The van der Waals surface area contributed by atoms with Crippen molar-refractivity contribution in [3.05, 3.63) is 0 Å². The van der Waals surface area contributed by atoms with Crippen LogP contribution in [0, 0.1) is 11.3 Å². The lowest BCUT2D eigenvalue weighted by Crippen LogP contribution is -2.28. The van der Waals surface area contributed by atoms with Crippen LogP contribution in [0.5, 0.6) is 0 Å². The van der Waals surface area contributed by atoms with Crippen LogP contribution in [0.4, 0.5) is 0 Å². The molecule has 2 unspecified atom stereocenters. The highest BCUT2D eigenvalue weighted by Crippen LogP contribution is 2.31. The summed E-state index contributed by atoms with van der Waals surface area (Å²) in [6.45, 7) is 9.89. The van der Waals surface area contributed by atoms with E-state index >= 15 is 0 Å². The molecule has 13 heavy (non-hydrogen) atoms. The van der Waals surface area contributed by atoms with Crippen molar-refractivity contribution in [1.82, 2.24) is 0 Å². The van der Waals surface area contributed by atoms with E-state index in [4.69, 9.17) is 9.47 Å². The van der Waals surface area contributed by atoms with Gasteiger partial charge in [0, 0.05) is 5.41 Å². The Morgan fingerprint density at radius 1 is 1.31 bits per heavy atom. The average molecular weight is 186 g/mol. The van der Waals surface area contributed by atoms with Crippen molar-refractivity contribution in [2.45, 2.75) is 47.0 Å². The van der Waals surface area contributed by atoms with Crippen molar-refractivity contribution in [3.63, 3.8) is 0 Å². The molecule has 0 aromatic carbocycles. The third-order valence-corrected chi connectivity index (χ3v) is 2.04. The molecule has 3 nitrogen and oxygen atoms in total. The van der Waals surface area contributed by atoms with Crippen molar-refractivity contribution in [2.24, 2.45) is 11.3 Å². The summed E-state index contributed by atoms with van der Waals surface area (Å²) in [7, 11) is 0. The van der Waals surface area contributed by atoms with E-state index in [0.29, 0.717) is 0 Å². The van der Waals surface area contributed by atoms with Gasteiger partial charge in [-0.25, -0.2) is 4.79 Å². The Morgan fingerprint density at radius 2 is 1.85 bits per heavy atom. The number of ether oxygens (including phenoxy) is 2. The molecule has 76 valence electrons. The molecule has 0 bridgehead atoms. The lowest BCUT2D eigenvalue weighted by Gasteiger charge is -2.24. The van der Waals surface area contributed by atoms with Crippen LogP contribution in [-0.4, -0.2) is 18.4 Å². The maximum absolute atomic E-state index is 11.3. The van der Waals surface area contributed by atoms with Gasteiger partial charge in [0.1, 0.15) is 0 Å². The van der Waals surface area contributed by atoms with E-state index in [2.05, 4.69) is 0 Å². The average Bonchev–Trinajstić information content (AvgIpc) is 2.29. The number of esters is 1. The smallest absolute Gasteiger partial charge is 0.338 e.